The third kappa shape index (κ3) is 51.7. The van der Waals surface area contributed by atoms with Crippen molar-refractivity contribution in [3.8, 4) is 0 Å². The molecular formula is C62H129P. The molecule has 0 aliphatic heterocycles. The first-order valence-electron chi connectivity index (χ1n) is 31.2. The molecule has 382 valence electrons. The van der Waals surface area contributed by atoms with Crippen molar-refractivity contribution in [2.75, 3.05) is 24.6 Å². The number of rotatable bonds is 58. The van der Waals surface area contributed by atoms with Gasteiger partial charge in [-0.3, -0.25) is 0 Å². The zero-order valence-corrected chi connectivity index (χ0v) is 46.5. The quantitative estimate of drug-likeness (QED) is 0.0421. The summed E-state index contributed by atoms with van der Waals surface area (Å²) in [5, 5.41) is 0. The molecule has 0 rings (SSSR count). The average molecular weight is 906 g/mol. The molecule has 0 atom stereocenters. The van der Waals surface area contributed by atoms with Crippen LogP contribution >= 0.6 is 7.26 Å². The Morgan fingerprint density at radius 3 is 0.333 bits per heavy atom. The van der Waals surface area contributed by atoms with Crippen molar-refractivity contribution in [3.63, 3.8) is 0 Å². The van der Waals surface area contributed by atoms with Crippen LogP contribution in [0.3, 0.4) is 0 Å². The van der Waals surface area contributed by atoms with Gasteiger partial charge in [0.1, 0.15) is 0 Å². The monoisotopic (exact) mass is 905 g/mol. The summed E-state index contributed by atoms with van der Waals surface area (Å²) in [6.07, 6.45) is 87.5. The second-order valence-corrected chi connectivity index (χ2v) is 27.2. The van der Waals surface area contributed by atoms with Crippen LogP contribution in [-0.4, -0.2) is 24.6 Å². The minimum atomic E-state index is -1.20. The van der Waals surface area contributed by atoms with E-state index in [1.54, 1.807) is 76.0 Å². The van der Waals surface area contributed by atoms with E-state index in [-0.39, 0.29) is 0 Å². The molecule has 0 saturated carbocycles. The summed E-state index contributed by atoms with van der Waals surface area (Å²) in [5.41, 5.74) is 0. The zero-order chi connectivity index (χ0) is 45.5. The summed E-state index contributed by atoms with van der Waals surface area (Å²) < 4.78 is 0. The van der Waals surface area contributed by atoms with Crippen molar-refractivity contribution in [1.82, 2.24) is 0 Å². The SMILES string of the molecule is CCCCCCCCCCCCCCCC[PH](CCCCCCCCCCCCCC)(CCCCCCCCCCCCCCCC)CCCCCCCCCCCCCCCC. The van der Waals surface area contributed by atoms with E-state index in [0.717, 1.165) is 0 Å². The fraction of sp³-hybridized carbons (Fsp3) is 1.00. The Balaban J connectivity index is 4.92. The predicted octanol–water partition coefficient (Wildman–Crippen LogP) is 23.9. The number of hydrogen-bond donors (Lipinski definition) is 0. The molecule has 0 aliphatic carbocycles. The van der Waals surface area contributed by atoms with Crippen molar-refractivity contribution >= 4 is 7.26 Å². The fourth-order valence-electron chi connectivity index (χ4n) is 11.2. The third-order valence-corrected chi connectivity index (χ3v) is 21.4. The summed E-state index contributed by atoms with van der Waals surface area (Å²) >= 11 is 0. The number of hydrogen-bond acceptors (Lipinski definition) is 0. The van der Waals surface area contributed by atoms with E-state index in [0.29, 0.717) is 0 Å². The van der Waals surface area contributed by atoms with Crippen LogP contribution in [0.25, 0.3) is 0 Å². The van der Waals surface area contributed by atoms with Gasteiger partial charge in [-0.25, -0.2) is 0 Å². The van der Waals surface area contributed by atoms with Gasteiger partial charge in [0.25, 0.3) is 0 Å². The van der Waals surface area contributed by atoms with E-state index in [9.17, 15) is 0 Å². The molecule has 0 N–H and O–H groups in total. The second-order valence-electron chi connectivity index (χ2n) is 22.2. The fourth-order valence-corrected chi connectivity index (χ4v) is 16.7. The van der Waals surface area contributed by atoms with Crippen molar-refractivity contribution < 1.29 is 0 Å². The van der Waals surface area contributed by atoms with Crippen LogP contribution in [-0.2, 0) is 0 Å². The minimum Gasteiger partial charge on any atom is -0.0654 e. The first kappa shape index (κ1) is 63.4. The molecule has 0 spiro atoms. The smallest absolute Gasteiger partial charge is 0.0654 e. The molecule has 0 aromatic carbocycles. The molecule has 0 radical (unpaired) electrons. The molecule has 63 heavy (non-hydrogen) atoms. The Bertz CT molecular complexity index is 695. The van der Waals surface area contributed by atoms with Gasteiger partial charge in [-0.1, -0.05) is 91.9 Å². The van der Waals surface area contributed by atoms with E-state index < -0.39 is 7.26 Å². The molecular weight excluding hydrogens is 776 g/mol. The molecule has 0 saturated heterocycles. The van der Waals surface area contributed by atoms with E-state index in [4.69, 9.17) is 0 Å². The number of unbranched alkanes of at least 4 members (excludes halogenated alkanes) is 50. The van der Waals surface area contributed by atoms with E-state index >= 15 is 0 Å². The topological polar surface area (TPSA) is 0 Å². The van der Waals surface area contributed by atoms with Crippen molar-refractivity contribution in [2.45, 2.75) is 374 Å². The molecule has 0 fully saturated rings. The average Bonchev–Trinajstić information content (AvgIpc) is 3.29. The molecule has 1 heteroatoms. The summed E-state index contributed by atoms with van der Waals surface area (Å²) in [4.78, 5) is 0. The molecule has 0 aromatic rings. The Kier molecular flexibility index (Phi) is 57.1. The molecule has 0 aromatic heterocycles. The van der Waals surface area contributed by atoms with Crippen molar-refractivity contribution in [2.24, 2.45) is 0 Å². The Labute approximate surface area is 404 Å². The summed E-state index contributed by atoms with van der Waals surface area (Å²) in [7, 11) is -1.20. The van der Waals surface area contributed by atoms with Gasteiger partial charge >= 0.3 is 314 Å². The van der Waals surface area contributed by atoms with Crippen LogP contribution < -0.4 is 0 Å². The Hall–Kier alpha value is 0.430. The maximum atomic E-state index is 2.34. The van der Waals surface area contributed by atoms with Gasteiger partial charge in [-0.05, 0) is 0 Å². The second kappa shape index (κ2) is 56.8. The van der Waals surface area contributed by atoms with Gasteiger partial charge in [0.05, 0.1) is 0 Å². The van der Waals surface area contributed by atoms with Gasteiger partial charge in [-0.15, -0.1) is 0 Å². The van der Waals surface area contributed by atoms with Crippen LogP contribution in [0.5, 0.6) is 0 Å². The summed E-state index contributed by atoms with van der Waals surface area (Å²) in [6.45, 7) is 9.35. The van der Waals surface area contributed by atoms with Crippen molar-refractivity contribution in [1.29, 1.82) is 0 Å². The van der Waals surface area contributed by atoms with E-state index in [1.807, 2.05) is 0 Å². The molecule has 0 bridgehead atoms. The summed E-state index contributed by atoms with van der Waals surface area (Å²) in [6, 6.07) is 0. The van der Waals surface area contributed by atoms with Gasteiger partial charge in [-0.2, -0.15) is 0 Å². The molecule has 0 nitrogen and oxygen atoms in total. The van der Waals surface area contributed by atoms with Crippen molar-refractivity contribution in [3.05, 3.63) is 0 Å². The third-order valence-electron chi connectivity index (χ3n) is 15.7. The first-order valence-corrected chi connectivity index (χ1v) is 34.1. The predicted molar refractivity (Wildman–Crippen MR) is 300 cm³/mol. The van der Waals surface area contributed by atoms with Gasteiger partial charge in [0, 0.05) is 0 Å². The van der Waals surface area contributed by atoms with Crippen LogP contribution in [0.1, 0.15) is 374 Å². The standard InChI is InChI=1S/C62H129P/c1-5-9-13-17-21-25-29-33-36-40-44-48-52-56-60-63(59-55-51-47-43-39-32-28-24-20-16-12-8-4,61-57-53-49-45-41-37-34-30-26-22-18-14-10-6-2)62-58-54-50-46-42-38-35-31-27-23-19-15-11-7-3/h63H,5-62H2,1-4H3. The van der Waals surface area contributed by atoms with E-state index in [1.165, 1.54) is 295 Å². The van der Waals surface area contributed by atoms with Crippen LogP contribution in [0.4, 0.5) is 0 Å². The van der Waals surface area contributed by atoms with Gasteiger partial charge < -0.3 is 0 Å². The maximum absolute atomic E-state index is 2.34. The molecule has 0 unspecified atom stereocenters. The van der Waals surface area contributed by atoms with Crippen LogP contribution in [0.15, 0.2) is 0 Å². The Morgan fingerprint density at radius 1 is 0.127 bits per heavy atom. The zero-order valence-electron chi connectivity index (χ0n) is 45.5. The van der Waals surface area contributed by atoms with Gasteiger partial charge in [0.15, 0.2) is 0 Å². The van der Waals surface area contributed by atoms with E-state index in [2.05, 4.69) is 27.7 Å². The molecule has 0 amide bonds. The normalized spacial score (nSPS) is 12.3. The first-order chi connectivity index (χ1) is 31.2. The summed E-state index contributed by atoms with van der Waals surface area (Å²) in [5.74, 6) is 0. The van der Waals surface area contributed by atoms with Crippen LogP contribution in [0, 0.1) is 0 Å². The molecule has 0 heterocycles. The molecule has 0 aliphatic rings. The Morgan fingerprint density at radius 2 is 0.222 bits per heavy atom. The van der Waals surface area contributed by atoms with Gasteiger partial charge in [0.2, 0.25) is 0 Å². The minimum absolute atomic E-state index is 1.20. The van der Waals surface area contributed by atoms with Crippen LogP contribution in [0.2, 0.25) is 0 Å².